The van der Waals surface area contributed by atoms with Crippen molar-refractivity contribution in [3.8, 4) is 0 Å². The number of carbonyl (C=O) groups is 1. The van der Waals surface area contributed by atoms with Crippen LogP contribution in [0.4, 0.5) is 0 Å². The zero-order valence-corrected chi connectivity index (χ0v) is 12.6. The maximum atomic E-state index is 12.7. The summed E-state index contributed by atoms with van der Waals surface area (Å²) in [7, 11) is 0. The summed E-state index contributed by atoms with van der Waals surface area (Å²) in [6.45, 7) is 2.48. The molecule has 0 aliphatic heterocycles. The highest BCUT2D eigenvalue weighted by atomic mass is 16.5. The first-order valence-corrected chi connectivity index (χ1v) is 7.22. The van der Waals surface area contributed by atoms with Crippen molar-refractivity contribution in [1.29, 1.82) is 0 Å². The number of rotatable bonds is 3. The van der Waals surface area contributed by atoms with Gasteiger partial charge < -0.3 is 4.57 Å². The number of nitrogens with one attached hydrogen (secondary N) is 1. The summed E-state index contributed by atoms with van der Waals surface area (Å²) >= 11 is 0. The topological polar surface area (TPSA) is 71.3 Å². The molecule has 1 amide bonds. The van der Waals surface area contributed by atoms with Crippen LogP contribution in [-0.4, -0.2) is 15.7 Å². The van der Waals surface area contributed by atoms with E-state index in [-0.39, 0.29) is 11.1 Å². The molecule has 0 aliphatic carbocycles. The lowest BCUT2D eigenvalue weighted by atomic mass is 10.1. The Hall–Kier alpha value is -2.92. The van der Waals surface area contributed by atoms with Gasteiger partial charge in [0.1, 0.15) is 0 Å². The molecule has 116 valence electrons. The number of fused-ring (bicyclic) bond motifs is 1. The Labute approximate surface area is 132 Å². The van der Waals surface area contributed by atoms with Crippen molar-refractivity contribution in [2.75, 3.05) is 0 Å². The minimum atomic E-state index is -0.638. The van der Waals surface area contributed by atoms with Gasteiger partial charge in [0.15, 0.2) is 0 Å². The standard InChI is InChI=1S/C18H16N2O3/c1-12-4-2-3-5-15(12)11-20-9-8-13-6-7-14(17(21)19-23)10-16(13)18(20)22/h2-10,23H,11H2,1H3,(H,19,21). The van der Waals surface area contributed by atoms with Gasteiger partial charge in [-0.05, 0) is 41.6 Å². The van der Waals surface area contributed by atoms with Gasteiger partial charge in [-0.3, -0.25) is 14.8 Å². The van der Waals surface area contributed by atoms with Gasteiger partial charge in [0.2, 0.25) is 0 Å². The van der Waals surface area contributed by atoms with Crippen molar-refractivity contribution in [1.82, 2.24) is 10.0 Å². The van der Waals surface area contributed by atoms with E-state index in [0.29, 0.717) is 11.9 Å². The predicted octanol–water partition coefficient (Wildman–Crippen LogP) is 2.48. The zero-order chi connectivity index (χ0) is 16.4. The Morgan fingerprint density at radius 1 is 1.17 bits per heavy atom. The summed E-state index contributed by atoms with van der Waals surface area (Å²) in [4.78, 5) is 24.2. The van der Waals surface area contributed by atoms with Crippen LogP contribution in [0.1, 0.15) is 21.5 Å². The van der Waals surface area contributed by atoms with Crippen LogP contribution in [0.15, 0.2) is 59.5 Å². The Balaban J connectivity index is 2.09. The van der Waals surface area contributed by atoms with Crippen molar-refractivity contribution >= 4 is 16.7 Å². The van der Waals surface area contributed by atoms with Gasteiger partial charge in [-0.25, -0.2) is 5.48 Å². The SMILES string of the molecule is Cc1ccccc1Cn1ccc2ccc(C(=O)NO)cc2c1=O. The number of aromatic nitrogens is 1. The first-order chi connectivity index (χ1) is 11.1. The molecule has 0 atom stereocenters. The summed E-state index contributed by atoms with van der Waals surface area (Å²) in [5.41, 5.74) is 3.84. The number of aryl methyl sites for hydroxylation is 1. The van der Waals surface area contributed by atoms with Crippen molar-refractivity contribution in [3.05, 3.63) is 81.8 Å². The van der Waals surface area contributed by atoms with Gasteiger partial charge in [-0.2, -0.15) is 0 Å². The smallest absolute Gasteiger partial charge is 0.274 e. The highest BCUT2D eigenvalue weighted by molar-refractivity contribution is 5.97. The van der Waals surface area contributed by atoms with Crippen LogP contribution in [0, 0.1) is 6.92 Å². The summed E-state index contributed by atoms with van der Waals surface area (Å²) < 4.78 is 1.62. The number of nitrogens with zero attached hydrogens (tertiary/aromatic N) is 1. The first-order valence-electron chi connectivity index (χ1n) is 7.22. The van der Waals surface area contributed by atoms with E-state index in [0.717, 1.165) is 16.5 Å². The molecule has 3 rings (SSSR count). The molecule has 0 spiro atoms. The monoisotopic (exact) mass is 308 g/mol. The van der Waals surface area contributed by atoms with Crippen molar-refractivity contribution in [2.45, 2.75) is 13.5 Å². The molecule has 5 nitrogen and oxygen atoms in total. The number of amides is 1. The molecule has 2 N–H and O–H groups in total. The van der Waals surface area contributed by atoms with Crippen molar-refractivity contribution < 1.29 is 10.0 Å². The number of hydrogen-bond donors (Lipinski definition) is 2. The van der Waals surface area contributed by atoms with Crippen LogP contribution in [0.2, 0.25) is 0 Å². The molecule has 0 bridgehead atoms. The minimum Gasteiger partial charge on any atom is -0.311 e. The normalized spacial score (nSPS) is 10.7. The van der Waals surface area contributed by atoms with E-state index in [1.54, 1.807) is 28.4 Å². The van der Waals surface area contributed by atoms with Crippen LogP contribution in [0.5, 0.6) is 0 Å². The summed E-state index contributed by atoms with van der Waals surface area (Å²) in [6, 6.07) is 14.5. The molecule has 0 fully saturated rings. The van der Waals surface area contributed by atoms with E-state index in [4.69, 9.17) is 5.21 Å². The predicted molar refractivity (Wildman–Crippen MR) is 87.7 cm³/mol. The fourth-order valence-electron chi connectivity index (χ4n) is 2.58. The molecule has 0 aliphatic rings. The third-order valence-corrected chi connectivity index (χ3v) is 3.94. The molecule has 0 unspecified atom stereocenters. The van der Waals surface area contributed by atoms with Gasteiger partial charge in [0, 0.05) is 17.1 Å². The molecule has 3 aromatic rings. The van der Waals surface area contributed by atoms with E-state index in [1.807, 2.05) is 37.3 Å². The second-order valence-corrected chi connectivity index (χ2v) is 5.42. The van der Waals surface area contributed by atoms with E-state index >= 15 is 0 Å². The van der Waals surface area contributed by atoms with Gasteiger partial charge in [-0.15, -0.1) is 0 Å². The largest absolute Gasteiger partial charge is 0.311 e. The first kappa shape index (κ1) is 15.0. The van der Waals surface area contributed by atoms with E-state index < -0.39 is 5.91 Å². The van der Waals surface area contributed by atoms with Crippen LogP contribution in [0.3, 0.4) is 0 Å². The van der Waals surface area contributed by atoms with Crippen molar-refractivity contribution in [2.24, 2.45) is 0 Å². The Bertz CT molecular complexity index is 944. The maximum Gasteiger partial charge on any atom is 0.274 e. The molecule has 0 radical (unpaired) electrons. The number of benzene rings is 2. The highest BCUT2D eigenvalue weighted by Gasteiger charge is 2.09. The lowest BCUT2D eigenvalue weighted by Gasteiger charge is -2.10. The van der Waals surface area contributed by atoms with Crippen molar-refractivity contribution in [3.63, 3.8) is 0 Å². The van der Waals surface area contributed by atoms with Gasteiger partial charge in [0.05, 0.1) is 6.54 Å². The molecule has 1 aromatic heterocycles. The summed E-state index contributed by atoms with van der Waals surface area (Å²) in [5, 5.41) is 9.93. The molecular formula is C18H16N2O3. The average Bonchev–Trinajstić information content (AvgIpc) is 2.58. The maximum absolute atomic E-state index is 12.7. The van der Waals surface area contributed by atoms with Crippen LogP contribution < -0.4 is 11.0 Å². The van der Waals surface area contributed by atoms with Gasteiger partial charge in [0.25, 0.3) is 11.5 Å². The van der Waals surface area contributed by atoms with E-state index in [9.17, 15) is 9.59 Å². The lowest BCUT2D eigenvalue weighted by molar-refractivity contribution is 0.0706. The number of hydroxylamine groups is 1. The lowest BCUT2D eigenvalue weighted by Crippen LogP contribution is -2.22. The average molecular weight is 308 g/mol. The highest BCUT2D eigenvalue weighted by Crippen LogP contribution is 2.14. The van der Waals surface area contributed by atoms with Crippen LogP contribution in [0.25, 0.3) is 10.8 Å². The molecule has 0 saturated carbocycles. The Morgan fingerprint density at radius 3 is 2.70 bits per heavy atom. The van der Waals surface area contributed by atoms with Crippen LogP contribution >= 0.6 is 0 Å². The summed E-state index contributed by atoms with van der Waals surface area (Å²) in [5.74, 6) is -0.638. The molecule has 23 heavy (non-hydrogen) atoms. The molecule has 2 aromatic carbocycles. The minimum absolute atomic E-state index is 0.168. The molecule has 0 saturated heterocycles. The molecule has 1 heterocycles. The Morgan fingerprint density at radius 2 is 1.96 bits per heavy atom. The fourth-order valence-corrected chi connectivity index (χ4v) is 2.58. The number of hydrogen-bond acceptors (Lipinski definition) is 3. The number of carbonyl (C=O) groups excluding carboxylic acids is 1. The summed E-state index contributed by atoms with van der Waals surface area (Å²) in [6.07, 6.45) is 1.75. The fraction of sp³-hybridized carbons (Fsp3) is 0.111. The Kier molecular flexibility index (Phi) is 3.95. The third-order valence-electron chi connectivity index (χ3n) is 3.94. The molecular weight excluding hydrogens is 292 g/mol. The van der Waals surface area contributed by atoms with Gasteiger partial charge >= 0.3 is 0 Å². The quantitative estimate of drug-likeness (QED) is 0.577. The third kappa shape index (κ3) is 2.86. The van der Waals surface area contributed by atoms with Gasteiger partial charge in [-0.1, -0.05) is 30.3 Å². The number of pyridine rings is 1. The van der Waals surface area contributed by atoms with E-state index in [2.05, 4.69) is 0 Å². The second-order valence-electron chi connectivity index (χ2n) is 5.42. The van der Waals surface area contributed by atoms with E-state index in [1.165, 1.54) is 6.07 Å². The second kappa shape index (κ2) is 6.06. The van der Waals surface area contributed by atoms with Crippen LogP contribution in [-0.2, 0) is 6.54 Å². The zero-order valence-electron chi connectivity index (χ0n) is 12.6. The molecule has 5 heteroatoms.